The van der Waals surface area contributed by atoms with Crippen molar-refractivity contribution in [1.29, 1.82) is 0 Å². The molecule has 0 aliphatic carbocycles. The molecule has 0 aromatic heterocycles. The molecule has 2 aromatic rings. The van der Waals surface area contributed by atoms with Crippen LogP contribution in [0.1, 0.15) is 43.2 Å². The van der Waals surface area contributed by atoms with Gasteiger partial charge in [0.1, 0.15) is 19.0 Å². The zero-order chi connectivity index (χ0) is 24.7. The van der Waals surface area contributed by atoms with Gasteiger partial charge in [-0.1, -0.05) is 42.5 Å². The maximum atomic E-state index is 13.1. The number of benzene rings is 2. The van der Waals surface area contributed by atoms with Crippen LogP contribution in [0.15, 0.2) is 54.6 Å². The molecule has 2 fully saturated rings. The number of nitrogens with two attached hydrogens (primary N) is 1. The highest BCUT2D eigenvalue weighted by molar-refractivity contribution is 5.78. The van der Waals surface area contributed by atoms with E-state index in [4.69, 9.17) is 10.5 Å². The topological polar surface area (TPSA) is 72.6 Å². The predicted molar refractivity (Wildman–Crippen MR) is 133 cm³/mol. The molecule has 188 valence electrons. The van der Waals surface area contributed by atoms with Crippen molar-refractivity contribution in [2.45, 2.75) is 45.1 Å². The van der Waals surface area contributed by atoms with Gasteiger partial charge in [0.15, 0.2) is 0 Å². The van der Waals surface area contributed by atoms with Crippen LogP contribution in [0.5, 0.6) is 0 Å². The van der Waals surface area contributed by atoms with Crippen LogP contribution in [-0.4, -0.2) is 54.2 Å². The average molecular weight is 483 g/mol. The molecule has 2 N–H and O–H groups in total. The van der Waals surface area contributed by atoms with Gasteiger partial charge in [0.2, 0.25) is 0 Å². The first kappa shape index (κ1) is 25.3. The number of halogens is 1. The van der Waals surface area contributed by atoms with Crippen LogP contribution in [0.4, 0.5) is 14.0 Å². The summed E-state index contributed by atoms with van der Waals surface area (Å²) in [6.07, 6.45) is 5.47. The number of ether oxygens (including phenoxy) is 1. The Balaban J connectivity index is 1.24. The number of imide groups is 1. The standard InChI is InChI=1S/C28H36FN3O3/c29-26-10-8-22(9-11-26)19-23-12-15-31(16-13-23)17-14-24-7-4-18-32(20-24,27(30)33)28(34)35-21-25-5-2-1-3-6-25/h1-3,5-6,8-11,23-24H,4,7,12-21H2,(H-,30,33)/p+1. The predicted octanol–water partition coefficient (Wildman–Crippen LogP) is 5.11. The zero-order valence-electron chi connectivity index (χ0n) is 20.4. The van der Waals surface area contributed by atoms with Gasteiger partial charge < -0.3 is 15.4 Å². The molecular weight excluding hydrogens is 445 g/mol. The quantitative estimate of drug-likeness (QED) is 0.557. The molecule has 2 heterocycles. The number of urea groups is 1. The van der Waals surface area contributed by atoms with Crippen molar-refractivity contribution >= 4 is 12.1 Å². The van der Waals surface area contributed by atoms with Crippen molar-refractivity contribution in [2.75, 3.05) is 32.7 Å². The van der Waals surface area contributed by atoms with Gasteiger partial charge in [-0.3, -0.25) is 0 Å². The fraction of sp³-hybridized carbons (Fsp3) is 0.500. The number of rotatable bonds is 7. The molecule has 2 atom stereocenters. The minimum Gasteiger partial charge on any atom is -0.415 e. The van der Waals surface area contributed by atoms with E-state index >= 15 is 0 Å². The Bertz CT molecular complexity index is 977. The second-order valence-corrected chi connectivity index (χ2v) is 10.2. The number of amides is 3. The molecule has 0 spiro atoms. The van der Waals surface area contributed by atoms with E-state index in [1.165, 1.54) is 17.7 Å². The second-order valence-electron chi connectivity index (χ2n) is 10.2. The Morgan fingerprint density at radius 2 is 1.69 bits per heavy atom. The zero-order valence-corrected chi connectivity index (χ0v) is 20.4. The van der Waals surface area contributed by atoms with Crippen LogP contribution in [0, 0.1) is 17.7 Å². The van der Waals surface area contributed by atoms with E-state index in [9.17, 15) is 14.0 Å². The average Bonchev–Trinajstić information content (AvgIpc) is 2.89. The number of quaternary nitrogens is 1. The van der Waals surface area contributed by atoms with E-state index in [1.54, 1.807) is 0 Å². The van der Waals surface area contributed by atoms with E-state index < -0.39 is 16.6 Å². The highest BCUT2D eigenvalue weighted by Crippen LogP contribution is 2.29. The molecule has 0 saturated carbocycles. The highest BCUT2D eigenvalue weighted by atomic mass is 19.1. The largest absolute Gasteiger partial charge is 0.525 e. The third-order valence-corrected chi connectivity index (χ3v) is 7.70. The van der Waals surface area contributed by atoms with Crippen LogP contribution >= 0.6 is 0 Å². The van der Waals surface area contributed by atoms with Crippen molar-refractivity contribution in [3.8, 4) is 0 Å². The molecule has 0 bridgehead atoms. The summed E-state index contributed by atoms with van der Waals surface area (Å²) in [6, 6.07) is 15.7. The van der Waals surface area contributed by atoms with Crippen LogP contribution < -0.4 is 5.73 Å². The minimum atomic E-state index is -0.616. The molecule has 7 heteroatoms. The normalized spacial score (nSPS) is 23.6. The summed E-state index contributed by atoms with van der Waals surface area (Å²) in [6.45, 7) is 4.04. The summed E-state index contributed by atoms with van der Waals surface area (Å²) in [5.74, 6) is 0.706. The van der Waals surface area contributed by atoms with Gasteiger partial charge in [-0.2, -0.15) is 4.79 Å². The molecule has 6 nitrogen and oxygen atoms in total. The first-order valence-electron chi connectivity index (χ1n) is 12.8. The number of primary amides is 1. The van der Waals surface area contributed by atoms with E-state index in [1.807, 2.05) is 42.5 Å². The van der Waals surface area contributed by atoms with Gasteiger partial charge in [0, 0.05) is 5.92 Å². The van der Waals surface area contributed by atoms with Crippen LogP contribution in [0.25, 0.3) is 0 Å². The molecule has 2 aromatic carbocycles. The fourth-order valence-corrected chi connectivity index (χ4v) is 5.54. The summed E-state index contributed by atoms with van der Waals surface area (Å²) in [7, 11) is 0. The molecule has 2 aliphatic heterocycles. The molecule has 2 aliphatic rings. The molecular formula is C28H37FN3O3+. The molecule has 2 unspecified atom stereocenters. The minimum absolute atomic E-state index is 0.143. The summed E-state index contributed by atoms with van der Waals surface area (Å²) >= 11 is 0. The number of hydrogen-bond donors (Lipinski definition) is 1. The third kappa shape index (κ3) is 6.67. The van der Waals surface area contributed by atoms with Crippen molar-refractivity contribution in [2.24, 2.45) is 17.6 Å². The van der Waals surface area contributed by atoms with Crippen LogP contribution in [0.3, 0.4) is 0 Å². The summed E-state index contributed by atoms with van der Waals surface area (Å²) in [5.41, 5.74) is 7.85. The lowest BCUT2D eigenvalue weighted by molar-refractivity contribution is -0.787. The monoisotopic (exact) mass is 482 g/mol. The number of nitrogens with zero attached hydrogens (tertiary/aromatic N) is 2. The van der Waals surface area contributed by atoms with Crippen molar-refractivity contribution in [3.63, 3.8) is 0 Å². The SMILES string of the molecule is NC(=O)[N+]1(C(=O)OCc2ccccc2)CCCC(CCN2CCC(Cc3ccc(F)cc3)CC2)C1. The van der Waals surface area contributed by atoms with Crippen LogP contribution in [0.2, 0.25) is 0 Å². The van der Waals surface area contributed by atoms with Gasteiger partial charge in [0.25, 0.3) is 0 Å². The van der Waals surface area contributed by atoms with Gasteiger partial charge in [0.05, 0.1) is 6.54 Å². The van der Waals surface area contributed by atoms with E-state index in [0.29, 0.717) is 19.0 Å². The Hall–Kier alpha value is -2.77. The first-order chi connectivity index (χ1) is 16.9. The molecule has 2 saturated heterocycles. The Kier molecular flexibility index (Phi) is 8.52. The van der Waals surface area contributed by atoms with Crippen molar-refractivity contribution < 1.29 is 23.2 Å². The van der Waals surface area contributed by atoms with Gasteiger partial charge in [-0.15, -0.1) is 4.48 Å². The van der Waals surface area contributed by atoms with Gasteiger partial charge in [-0.25, -0.2) is 9.18 Å². The lowest BCUT2D eigenvalue weighted by atomic mass is 9.89. The fourth-order valence-electron chi connectivity index (χ4n) is 5.54. The number of hydrogen-bond acceptors (Lipinski definition) is 4. The number of carbonyl (C=O) groups is 2. The lowest BCUT2D eigenvalue weighted by Crippen LogP contribution is -2.63. The number of likely N-dealkylation sites (tertiary alicyclic amines) is 2. The van der Waals surface area contributed by atoms with Gasteiger partial charge >= 0.3 is 12.1 Å². The molecule has 35 heavy (non-hydrogen) atoms. The Morgan fingerprint density at radius 3 is 2.37 bits per heavy atom. The third-order valence-electron chi connectivity index (χ3n) is 7.70. The summed E-state index contributed by atoms with van der Waals surface area (Å²) in [4.78, 5) is 27.9. The summed E-state index contributed by atoms with van der Waals surface area (Å²) in [5, 5.41) is 0. The number of carbonyl (C=O) groups excluding carboxylic acids is 2. The van der Waals surface area contributed by atoms with Crippen molar-refractivity contribution in [3.05, 3.63) is 71.5 Å². The molecule has 3 amide bonds. The van der Waals surface area contributed by atoms with Gasteiger partial charge in [-0.05, 0) is 87.3 Å². The summed E-state index contributed by atoms with van der Waals surface area (Å²) < 4.78 is 18.3. The van der Waals surface area contributed by atoms with E-state index in [0.717, 1.165) is 63.7 Å². The Labute approximate surface area is 207 Å². The van der Waals surface area contributed by atoms with E-state index in [-0.39, 0.29) is 18.3 Å². The lowest BCUT2D eigenvalue weighted by Gasteiger charge is -2.38. The molecule has 0 radical (unpaired) electrons. The second kappa shape index (κ2) is 11.8. The smallest absolute Gasteiger partial charge is 0.415 e. The maximum Gasteiger partial charge on any atom is 0.525 e. The Morgan fingerprint density at radius 1 is 0.971 bits per heavy atom. The first-order valence-corrected chi connectivity index (χ1v) is 12.8. The number of piperidine rings is 2. The maximum absolute atomic E-state index is 13.1. The van der Waals surface area contributed by atoms with E-state index in [2.05, 4.69) is 4.90 Å². The van der Waals surface area contributed by atoms with Crippen LogP contribution in [-0.2, 0) is 17.8 Å². The molecule has 4 rings (SSSR count). The van der Waals surface area contributed by atoms with Crippen molar-refractivity contribution in [1.82, 2.24) is 4.90 Å². The highest BCUT2D eigenvalue weighted by Gasteiger charge is 2.49.